The minimum Gasteiger partial charge on any atom is -0.508 e. The molecule has 5 nitrogen and oxygen atoms in total. The van der Waals surface area contributed by atoms with Gasteiger partial charge in [-0.15, -0.1) is 10.2 Å². The van der Waals surface area contributed by atoms with Crippen LogP contribution in [0.2, 0.25) is 0 Å². The maximum Gasteiger partial charge on any atom is 0.149 e. The van der Waals surface area contributed by atoms with Gasteiger partial charge < -0.3 is 15.0 Å². The largest absolute Gasteiger partial charge is 0.508 e. The van der Waals surface area contributed by atoms with Crippen molar-refractivity contribution in [1.29, 1.82) is 0 Å². The molecular formula is C13H18N4O. The van der Waals surface area contributed by atoms with Crippen LogP contribution in [0.15, 0.2) is 24.5 Å². The molecule has 0 aliphatic carbocycles. The highest BCUT2D eigenvalue weighted by Gasteiger charge is 2.11. The molecule has 1 atom stereocenters. The van der Waals surface area contributed by atoms with Crippen LogP contribution in [-0.2, 0) is 13.6 Å². The van der Waals surface area contributed by atoms with Gasteiger partial charge in [-0.05, 0) is 19.9 Å². The molecule has 0 radical (unpaired) electrons. The number of phenols is 1. The highest BCUT2D eigenvalue weighted by atomic mass is 16.3. The molecule has 1 aromatic heterocycles. The third-order valence-electron chi connectivity index (χ3n) is 2.97. The molecule has 18 heavy (non-hydrogen) atoms. The molecular weight excluding hydrogens is 228 g/mol. The summed E-state index contributed by atoms with van der Waals surface area (Å²) in [5.74, 6) is 1.19. The first-order valence-electron chi connectivity index (χ1n) is 5.93. The Kier molecular flexibility index (Phi) is 3.62. The van der Waals surface area contributed by atoms with Crippen molar-refractivity contribution < 1.29 is 5.11 Å². The van der Waals surface area contributed by atoms with Gasteiger partial charge in [-0.2, -0.15) is 0 Å². The van der Waals surface area contributed by atoms with Crippen LogP contribution < -0.4 is 5.32 Å². The van der Waals surface area contributed by atoms with Crippen LogP contribution in [0.1, 0.15) is 29.9 Å². The maximum atomic E-state index is 9.76. The second-order valence-corrected chi connectivity index (χ2v) is 4.53. The van der Waals surface area contributed by atoms with Crippen molar-refractivity contribution in [2.45, 2.75) is 26.4 Å². The van der Waals surface area contributed by atoms with Crippen LogP contribution in [0.4, 0.5) is 0 Å². The SMILES string of the molecule is Cc1ccc(O)c(CNC(C)c2nncn2C)c1. The summed E-state index contributed by atoms with van der Waals surface area (Å²) < 4.78 is 1.88. The first-order chi connectivity index (χ1) is 8.58. The Balaban J connectivity index is 2.03. The summed E-state index contributed by atoms with van der Waals surface area (Å²) in [6.45, 7) is 4.63. The molecule has 0 aliphatic rings. The average Bonchev–Trinajstić information content (AvgIpc) is 2.76. The van der Waals surface area contributed by atoms with Crippen LogP contribution in [0.25, 0.3) is 0 Å². The Morgan fingerprint density at radius 1 is 1.44 bits per heavy atom. The Bertz CT molecular complexity index is 536. The van der Waals surface area contributed by atoms with E-state index in [1.807, 2.05) is 37.6 Å². The molecule has 2 aromatic rings. The third-order valence-corrected chi connectivity index (χ3v) is 2.97. The van der Waals surface area contributed by atoms with Gasteiger partial charge in [0.1, 0.15) is 17.9 Å². The molecule has 0 amide bonds. The highest BCUT2D eigenvalue weighted by Crippen LogP contribution is 2.19. The van der Waals surface area contributed by atoms with E-state index in [1.165, 1.54) is 0 Å². The smallest absolute Gasteiger partial charge is 0.149 e. The van der Waals surface area contributed by atoms with E-state index in [2.05, 4.69) is 15.5 Å². The van der Waals surface area contributed by atoms with Crippen molar-refractivity contribution in [3.8, 4) is 5.75 Å². The number of hydrogen-bond acceptors (Lipinski definition) is 4. The van der Waals surface area contributed by atoms with Crippen LogP contribution >= 0.6 is 0 Å². The maximum absolute atomic E-state index is 9.76. The lowest BCUT2D eigenvalue weighted by atomic mass is 10.1. The van der Waals surface area contributed by atoms with E-state index in [9.17, 15) is 5.11 Å². The molecule has 5 heteroatoms. The van der Waals surface area contributed by atoms with Gasteiger partial charge in [-0.3, -0.25) is 0 Å². The van der Waals surface area contributed by atoms with Crippen LogP contribution in [0.3, 0.4) is 0 Å². The monoisotopic (exact) mass is 246 g/mol. The van der Waals surface area contributed by atoms with Gasteiger partial charge in [-0.1, -0.05) is 17.7 Å². The van der Waals surface area contributed by atoms with Crippen molar-refractivity contribution in [1.82, 2.24) is 20.1 Å². The predicted octanol–water partition coefficient (Wildman–Crippen LogP) is 1.68. The van der Waals surface area contributed by atoms with E-state index in [-0.39, 0.29) is 6.04 Å². The Morgan fingerprint density at radius 2 is 2.22 bits per heavy atom. The van der Waals surface area contributed by atoms with Crippen molar-refractivity contribution in [3.63, 3.8) is 0 Å². The summed E-state index contributed by atoms with van der Waals surface area (Å²) in [5, 5.41) is 21.0. The quantitative estimate of drug-likeness (QED) is 0.861. The topological polar surface area (TPSA) is 63.0 Å². The Morgan fingerprint density at radius 3 is 2.89 bits per heavy atom. The highest BCUT2D eigenvalue weighted by molar-refractivity contribution is 5.35. The van der Waals surface area contributed by atoms with Crippen molar-refractivity contribution >= 4 is 0 Å². The van der Waals surface area contributed by atoms with Gasteiger partial charge >= 0.3 is 0 Å². The van der Waals surface area contributed by atoms with E-state index < -0.39 is 0 Å². The van der Waals surface area contributed by atoms with Crippen LogP contribution in [0, 0.1) is 6.92 Å². The molecule has 96 valence electrons. The minimum atomic E-state index is 0.0809. The third kappa shape index (κ3) is 2.68. The standard InChI is InChI=1S/C13H18N4O/c1-9-4-5-12(18)11(6-9)7-14-10(2)13-16-15-8-17(13)3/h4-6,8,10,14,18H,7H2,1-3H3. The molecule has 0 bridgehead atoms. The average molecular weight is 246 g/mol. The second kappa shape index (κ2) is 5.18. The van der Waals surface area contributed by atoms with E-state index >= 15 is 0 Å². The molecule has 2 rings (SSSR count). The van der Waals surface area contributed by atoms with E-state index in [0.29, 0.717) is 12.3 Å². The van der Waals surface area contributed by atoms with Crippen molar-refractivity contribution in [3.05, 3.63) is 41.5 Å². The summed E-state index contributed by atoms with van der Waals surface area (Å²) >= 11 is 0. The first-order valence-corrected chi connectivity index (χ1v) is 5.93. The fourth-order valence-corrected chi connectivity index (χ4v) is 1.89. The molecule has 0 spiro atoms. The number of aryl methyl sites for hydroxylation is 2. The zero-order valence-electron chi connectivity index (χ0n) is 10.9. The number of hydrogen-bond donors (Lipinski definition) is 2. The zero-order valence-corrected chi connectivity index (χ0v) is 10.9. The van der Waals surface area contributed by atoms with Gasteiger partial charge in [0.05, 0.1) is 6.04 Å². The second-order valence-electron chi connectivity index (χ2n) is 4.53. The number of benzene rings is 1. The number of nitrogens with one attached hydrogen (secondary N) is 1. The molecule has 0 fully saturated rings. The fourth-order valence-electron chi connectivity index (χ4n) is 1.89. The number of aromatic nitrogens is 3. The summed E-state index contributed by atoms with van der Waals surface area (Å²) in [5.41, 5.74) is 2.03. The molecule has 2 N–H and O–H groups in total. The molecule has 1 unspecified atom stereocenters. The lowest BCUT2D eigenvalue weighted by Gasteiger charge is -2.14. The van der Waals surface area contributed by atoms with Crippen molar-refractivity contribution in [2.75, 3.05) is 0 Å². The van der Waals surface area contributed by atoms with Crippen LogP contribution in [-0.4, -0.2) is 19.9 Å². The van der Waals surface area contributed by atoms with Gasteiger partial charge in [0.25, 0.3) is 0 Å². The van der Waals surface area contributed by atoms with Gasteiger partial charge in [0.15, 0.2) is 0 Å². The van der Waals surface area contributed by atoms with Gasteiger partial charge in [0, 0.05) is 19.2 Å². The molecule has 0 saturated carbocycles. The minimum absolute atomic E-state index is 0.0809. The Labute approximate surface area is 106 Å². The van der Waals surface area contributed by atoms with Crippen molar-refractivity contribution in [2.24, 2.45) is 7.05 Å². The van der Waals surface area contributed by atoms with Gasteiger partial charge in [-0.25, -0.2) is 0 Å². The fraction of sp³-hybridized carbons (Fsp3) is 0.385. The lowest BCUT2D eigenvalue weighted by molar-refractivity contribution is 0.456. The summed E-state index contributed by atoms with van der Waals surface area (Å²) in [7, 11) is 1.91. The van der Waals surface area contributed by atoms with E-state index in [4.69, 9.17) is 0 Å². The molecule has 1 aromatic carbocycles. The number of aromatic hydroxyl groups is 1. The van der Waals surface area contributed by atoms with E-state index in [0.717, 1.165) is 17.0 Å². The zero-order chi connectivity index (χ0) is 13.1. The molecule has 0 aliphatic heterocycles. The Hall–Kier alpha value is -1.88. The lowest BCUT2D eigenvalue weighted by Crippen LogP contribution is -2.21. The molecule has 1 heterocycles. The summed E-state index contributed by atoms with van der Waals surface area (Å²) in [6, 6.07) is 5.67. The summed E-state index contributed by atoms with van der Waals surface area (Å²) in [4.78, 5) is 0. The van der Waals surface area contributed by atoms with Crippen LogP contribution in [0.5, 0.6) is 5.75 Å². The number of nitrogens with zero attached hydrogens (tertiary/aromatic N) is 3. The number of rotatable bonds is 4. The first kappa shape index (κ1) is 12.6. The summed E-state index contributed by atoms with van der Waals surface area (Å²) in [6.07, 6.45) is 1.68. The molecule has 0 saturated heterocycles. The number of phenolic OH excluding ortho intramolecular Hbond substituents is 1. The normalized spacial score (nSPS) is 12.6. The van der Waals surface area contributed by atoms with Gasteiger partial charge in [0.2, 0.25) is 0 Å². The predicted molar refractivity (Wildman–Crippen MR) is 69.1 cm³/mol. The van der Waals surface area contributed by atoms with E-state index in [1.54, 1.807) is 12.4 Å².